The van der Waals surface area contributed by atoms with E-state index in [1.54, 1.807) is 30.3 Å². The molecule has 3 aromatic carbocycles. The van der Waals surface area contributed by atoms with Crippen LogP contribution in [-0.2, 0) is 34.1 Å². The minimum absolute atomic E-state index is 0.0240. The number of anilines is 1. The first kappa shape index (κ1) is 25.1. The van der Waals surface area contributed by atoms with E-state index in [-0.39, 0.29) is 28.9 Å². The molecular formula is C27H27ClN2O4S. The van der Waals surface area contributed by atoms with Crippen LogP contribution in [0.1, 0.15) is 46.3 Å². The molecule has 0 spiro atoms. The SMILES string of the molecule is NS(=O)(=O)c1cc(NC(=O)Cc2ccccc2Cl)cc2c1CCCC(C(=O)c1ccccc1)CC2. The zero-order valence-corrected chi connectivity index (χ0v) is 20.7. The third-order valence-corrected chi connectivity index (χ3v) is 7.72. The van der Waals surface area contributed by atoms with Crippen molar-refractivity contribution in [2.45, 2.75) is 43.4 Å². The van der Waals surface area contributed by atoms with Crippen LogP contribution in [-0.4, -0.2) is 20.1 Å². The van der Waals surface area contributed by atoms with Crippen molar-refractivity contribution < 1.29 is 18.0 Å². The number of rotatable bonds is 6. The predicted molar refractivity (Wildman–Crippen MR) is 137 cm³/mol. The Labute approximate surface area is 210 Å². The Morgan fingerprint density at radius 3 is 2.40 bits per heavy atom. The maximum Gasteiger partial charge on any atom is 0.238 e. The molecule has 0 saturated carbocycles. The Bertz CT molecular complexity index is 1360. The van der Waals surface area contributed by atoms with Crippen molar-refractivity contribution in [1.82, 2.24) is 0 Å². The Morgan fingerprint density at radius 1 is 0.971 bits per heavy atom. The normalized spacial score (nSPS) is 16.0. The fourth-order valence-electron chi connectivity index (χ4n) is 4.66. The summed E-state index contributed by atoms with van der Waals surface area (Å²) in [5.41, 5.74) is 3.17. The second-order valence-corrected chi connectivity index (χ2v) is 10.8. The highest BCUT2D eigenvalue weighted by Gasteiger charge is 2.26. The van der Waals surface area contributed by atoms with Crippen molar-refractivity contribution in [3.8, 4) is 0 Å². The van der Waals surface area contributed by atoms with Crippen LogP contribution in [0.2, 0.25) is 5.02 Å². The summed E-state index contributed by atoms with van der Waals surface area (Å²) in [5, 5.41) is 8.83. The van der Waals surface area contributed by atoms with Crippen LogP contribution in [0.25, 0.3) is 0 Å². The quantitative estimate of drug-likeness (QED) is 0.458. The van der Waals surface area contributed by atoms with E-state index in [0.717, 1.165) is 5.56 Å². The van der Waals surface area contributed by atoms with Crippen LogP contribution in [0.3, 0.4) is 0 Å². The van der Waals surface area contributed by atoms with E-state index in [2.05, 4.69) is 5.32 Å². The number of carbonyl (C=O) groups excluding carboxylic acids is 2. The summed E-state index contributed by atoms with van der Waals surface area (Å²) in [6.45, 7) is 0. The monoisotopic (exact) mass is 510 g/mol. The van der Waals surface area contributed by atoms with Gasteiger partial charge in [0.2, 0.25) is 15.9 Å². The van der Waals surface area contributed by atoms with Crippen molar-refractivity contribution in [3.05, 3.63) is 94.0 Å². The number of benzene rings is 3. The summed E-state index contributed by atoms with van der Waals surface area (Å²) in [4.78, 5) is 25.7. The zero-order valence-electron chi connectivity index (χ0n) is 19.2. The molecule has 6 nitrogen and oxygen atoms in total. The second-order valence-electron chi connectivity index (χ2n) is 8.83. The number of sulfonamides is 1. The number of nitrogens with two attached hydrogens (primary N) is 1. The topological polar surface area (TPSA) is 106 Å². The van der Waals surface area contributed by atoms with Crippen LogP contribution in [0.4, 0.5) is 5.69 Å². The minimum Gasteiger partial charge on any atom is -0.326 e. The highest BCUT2D eigenvalue weighted by Crippen LogP contribution is 2.32. The number of aryl methyl sites for hydroxylation is 1. The lowest BCUT2D eigenvalue weighted by atomic mass is 9.83. The van der Waals surface area contributed by atoms with Crippen molar-refractivity contribution in [2.24, 2.45) is 11.1 Å². The summed E-state index contributed by atoms with van der Waals surface area (Å²) < 4.78 is 24.9. The highest BCUT2D eigenvalue weighted by molar-refractivity contribution is 7.89. The van der Waals surface area contributed by atoms with Crippen LogP contribution < -0.4 is 10.5 Å². The molecule has 0 aromatic heterocycles. The molecule has 1 amide bonds. The van der Waals surface area contributed by atoms with Gasteiger partial charge in [0.15, 0.2) is 5.78 Å². The molecular weight excluding hydrogens is 484 g/mol. The summed E-state index contributed by atoms with van der Waals surface area (Å²) >= 11 is 6.16. The molecule has 1 aliphatic rings. The smallest absolute Gasteiger partial charge is 0.238 e. The number of halogens is 1. The van der Waals surface area contributed by atoms with Gasteiger partial charge < -0.3 is 5.32 Å². The molecule has 3 aromatic rings. The average molecular weight is 511 g/mol. The molecule has 35 heavy (non-hydrogen) atoms. The number of hydrogen-bond donors (Lipinski definition) is 2. The number of amides is 1. The Hall–Kier alpha value is -3.00. The molecule has 1 atom stereocenters. The van der Waals surface area contributed by atoms with Gasteiger partial charge in [-0.05, 0) is 67.0 Å². The molecule has 0 heterocycles. The molecule has 0 radical (unpaired) electrons. The fourth-order valence-corrected chi connectivity index (χ4v) is 5.73. The van der Waals surface area contributed by atoms with Gasteiger partial charge in [0.25, 0.3) is 0 Å². The Kier molecular flexibility index (Phi) is 7.69. The third kappa shape index (κ3) is 6.17. The van der Waals surface area contributed by atoms with Gasteiger partial charge in [0, 0.05) is 22.2 Å². The molecule has 1 unspecified atom stereocenters. The van der Waals surface area contributed by atoms with E-state index in [0.29, 0.717) is 59.5 Å². The van der Waals surface area contributed by atoms with Gasteiger partial charge in [-0.1, -0.05) is 60.1 Å². The lowest BCUT2D eigenvalue weighted by Crippen LogP contribution is -2.22. The molecule has 1 aliphatic carbocycles. The van der Waals surface area contributed by atoms with Crippen molar-refractivity contribution in [1.29, 1.82) is 0 Å². The molecule has 0 aliphatic heterocycles. The number of primary sulfonamides is 1. The van der Waals surface area contributed by atoms with E-state index >= 15 is 0 Å². The lowest BCUT2D eigenvalue weighted by molar-refractivity contribution is -0.115. The minimum atomic E-state index is -4.01. The first-order valence-electron chi connectivity index (χ1n) is 11.5. The van der Waals surface area contributed by atoms with Crippen molar-refractivity contribution in [2.75, 3.05) is 5.32 Å². The maximum absolute atomic E-state index is 13.0. The van der Waals surface area contributed by atoms with Gasteiger partial charge in [-0.3, -0.25) is 9.59 Å². The van der Waals surface area contributed by atoms with Crippen LogP contribution in [0.15, 0.2) is 71.6 Å². The molecule has 3 N–H and O–H groups in total. The van der Waals surface area contributed by atoms with Crippen molar-refractivity contribution >= 4 is 39.0 Å². The third-order valence-electron chi connectivity index (χ3n) is 6.37. The van der Waals surface area contributed by atoms with Gasteiger partial charge in [-0.2, -0.15) is 0 Å². The number of nitrogens with one attached hydrogen (secondary N) is 1. The van der Waals surface area contributed by atoms with E-state index in [9.17, 15) is 18.0 Å². The standard InChI is InChI=1S/C27H27ClN2O4S/c28-24-12-5-4-9-21(24)16-26(31)30-22-15-20-14-13-19(27(32)18-7-2-1-3-8-18)10-6-11-23(20)25(17-22)35(29,33)34/h1-5,7-9,12,15,17,19H,6,10-11,13-14,16H2,(H,30,31)(H2,29,33,34). The Balaban J connectivity index is 1.59. The molecule has 4 rings (SSSR count). The molecule has 0 saturated heterocycles. The summed E-state index contributed by atoms with van der Waals surface area (Å²) in [7, 11) is -4.01. The fraction of sp³-hybridized carbons (Fsp3) is 0.259. The lowest BCUT2D eigenvalue weighted by Gasteiger charge is -2.23. The summed E-state index contributed by atoms with van der Waals surface area (Å²) in [5.74, 6) is -0.367. The van der Waals surface area contributed by atoms with Crippen LogP contribution in [0.5, 0.6) is 0 Å². The first-order valence-corrected chi connectivity index (χ1v) is 13.5. The van der Waals surface area contributed by atoms with Gasteiger partial charge in [-0.15, -0.1) is 0 Å². The predicted octanol–water partition coefficient (Wildman–Crippen LogP) is 4.94. The zero-order chi connectivity index (χ0) is 25.0. The molecule has 182 valence electrons. The highest BCUT2D eigenvalue weighted by atomic mass is 35.5. The molecule has 8 heteroatoms. The van der Waals surface area contributed by atoms with Gasteiger partial charge in [0.05, 0.1) is 11.3 Å². The van der Waals surface area contributed by atoms with Crippen LogP contribution >= 0.6 is 11.6 Å². The number of ketones is 1. The largest absolute Gasteiger partial charge is 0.326 e. The van der Waals surface area contributed by atoms with Gasteiger partial charge >= 0.3 is 0 Å². The number of carbonyl (C=O) groups is 2. The molecule has 0 fully saturated rings. The summed E-state index contributed by atoms with van der Waals surface area (Å²) in [6.07, 6.45) is 2.98. The summed E-state index contributed by atoms with van der Waals surface area (Å²) in [6, 6.07) is 19.5. The number of Topliss-reactive ketones (excluding diaryl/α,β-unsaturated/α-hetero) is 1. The second kappa shape index (κ2) is 10.7. The van der Waals surface area contributed by atoms with Crippen molar-refractivity contribution in [3.63, 3.8) is 0 Å². The van der Waals surface area contributed by atoms with E-state index in [1.807, 2.05) is 30.3 Å². The molecule has 0 bridgehead atoms. The van der Waals surface area contributed by atoms with Gasteiger partial charge in [-0.25, -0.2) is 13.6 Å². The van der Waals surface area contributed by atoms with E-state index in [1.165, 1.54) is 6.07 Å². The van der Waals surface area contributed by atoms with Crippen LogP contribution in [0, 0.1) is 5.92 Å². The first-order chi connectivity index (χ1) is 16.7. The van der Waals surface area contributed by atoms with Gasteiger partial charge in [0.1, 0.15) is 0 Å². The number of hydrogen-bond acceptors (Lipinski definition) is 4. The maximum atomic E-state index is 13.0. The number of fused-ring (bicyclic) bond motifs is 1. The van der Waals surface area contributed by atoms with E-state index < -0.39 is 10.0 Å². The van der Waals surface area contributed by atoms with E-state index in [4.69, 9.17) is 16.7 Å². The Morgan fingerprint density at radius 2 is 1.69 bits per heavy atom. The average Bonchev–Trinajstić information content (AvgIpc) is 2.81.